The van der Waals surface area contributed by atoms with E-state index in [1.807, 2.05) is 61.7 Å². The first-order chi connectivity index (χ1) is 16.9. The van der Waals surface area contributed by atoms with Crippen LogP contribution in [-0.4, -0.2) is 70.2 Å². The normalized spacial score (nSPS) is 17.7. The maximum absolute atomic E-state index is 12.9. The van der Waals surface area contributed by atoms with Crippen LogP contribution in [0, 0.1) is 20.8 Å². The van der Waals surface area contributed by atoms with E-state index >= 15 is 0 Å². The number of carbonyl (C=O) groups is 2. The van der Waals surface area contributed by atoms with E-state index in [1.54, 1.807) is 21.9 Å². The number of amides is 2. The summed E-state index contributed by atoms with van der Waals surface area (Å²) in [7, 11) is 0. The molecule has 4 heterocycles. The number of benzene rings is 1. The van der Waals surface area contributed by atoms with Gasteiger partial charge in [-0.3, -0.25) is 14.2 Å². The Morgan fingerprint density at radius 2 is 1.71 bits per heavy atom. The van der Waals surface area contributed by atoms with Crippen molar-refractivity contribution in [1.29, 1.82) is 0 Å². The minimum absolute atomic E-state index is 0.0784. The molecule has 0 spiro atoms. The van der Waals surface area contributed by atoms with E-state index in [2.05, 4.69) is 5.16 Å². The van der Waals surface area contributed by atoms with Crippen molar-refractivity contribution in [3.63, 3.8) is 0 Å². The van der Waals surface area contributed by atoms with Gasteiger partial charge in [0, 0.05) is 49.7 Å². The number of fused-ring (bicyclic) bond motifs is 1. The standard InChI is InChI=1S/C26H28N4O5/c1-17-14-20(19(3)30(17)24-15-18(2)35-27-24)8-9-25(31)28-10-12-29(13-11-28)26(32)23-16-33-21-6-4-5-7-22(21)34-23/h4-9,14-15,23H,10-13,16H2,1-3H3. The predicted molar refractivity (Wildman–Crippen MR) is 129 cm³/mol. The SMILES string of the molecule is Cc1cc(-n2c(C)cc(C=CC(=O)N3CCN(C(=O)C4COc5ccccc5O4)CC3)c2C)no1. The largest absolute Gasteiger partial charge is 0.485 e. The average molecular weight is 477 g/mol. The third kappa shape index (κ3) is 4.53. The van der Waals surface area contributed by atoms with Crippen LogP contribution in [0.15, 0.2) is 47.0 Å². The molecule has 0 aliphatic carbocycles. The van der Waals surface area contributed by atoms with Crippen molar-refractivity contribution >= 4 is 17.9 Å². The van der Waals surface area contributed by atoms with E-state index in [0.29, 0.717) is 37.7 Å². The molecule has 9 heteroatoms. The number of hydrogen-bond donors (Lipinski definition) is 0. The molecule has 1 aromatic carbocycles. The van der Waals surface area contributed by atoms with E-state index in [9.17, 15) is 9.59 Å². The fourth-order valence-corrected chi connectivity index (χ4v) is 4.53. The number of rotatable bonds is 4. The number of piperazine rings is 1. The summed E-state index contributed by atoms with van der Waals surface area (Å²) < 4.78 is 18.7. The van der Waals surface area contributed by atoms with Crippen molar-refractivity contribution < 1.29 is 23.6 Å². The molecule has 1 unspecified atom stereocenters. The molecular formula is C26H28N4O5. The molecule has 2 aliphatic heterocycles. The molecule has 0 radical (unpaired) electrons. The van der Waals surface area contributed by atoms with E-state index in [-0.39, 0.29) is 18.4 Å². The van der Waals surface area contributed by atoms with Gasteiger partial charge >= 0.3 is 0 Å². The highest BCUT2D eigenvalue weighted by atomic mass is 16.6. The topological polar surface area (TPSA) is 90.0 Å². The van der Waals surface area contributed by atoms with Gasteiger partial charge in [-0.05, 0) is 50.6 Å². The molecule has 1 saturated heterocycles. The predicted octanol–water partition coefficient (Wildman–Crippen LogP) is 2.91. The highest BCUT2D eigenvalue weighted by Crippen LogP contribution is 2.31. The molecule has 0 saturated carbocycles. The molecular weight excluding hydrogens is 448 g/mol. The average Bonchev–Trinajstić information content (AvgIpc) is 3.42. The Morgan fingerprint density at radius 1 is 1.00 bits per heavy atom. The quantitative estimate of drug-likeness (QED) is 0.538. The zero-order valence-electron chi connectivity index (χ0n) is 20.1. The minimum atomic E-state index is -0.671. The Hall–Kier alpha value is -4.01. The van der Waals surface area contributed by atoms with E-state index in [0.717, 1.165) is 28.5 Å². The van der Waals surface area contributed by atoms with Gasteiger partial charge in [-0.15, -0.1) is 0 Å². The molecule has 5 rings (SSSR count). The molecule has 2 aliphatic rings. The molecule has 3 aromatic rings. The maximum Gasteiger partial charge on any atom is 0.267 e. The molecule has 182 valence electrons. The summed E-state index contributed by atoms with van der Waals surface area (Å²) in [6, 6.07) is 11.2. The fourth-order valence-electron chi connectivity index (χ4n) is 4.53. The second-order valence-corrected chi connectivity index (χ2v) is 8.81. The zero-order valence-corrected chi connectivity index (χ0v) is 20.1. The van der Waals surface area contributed by atoms with Crippen molar-refractivity contribution in [2.75, 3.05) is 32.8 Å². The van der Waals surface area contributed by atoms with Crippen molar-refractivity contribution in [2.24, 2.45) is 0 Å². The van der Waals surface area contributed by atoms with Crippen LogP contribution in [0.4, 0.5) is 0 Å². The van der Waals surface area contributed by atoms with Crippen LogP contribution in [0.5, 0.6) is 11.5 Å². The lowest BCUT2D eigenvalue weighted by Gasteiger charge is -2.36. The number of carbonyl (C=O) groups excluding carboxylic acids is 2. The van der Waals surface area contributed by atoms with Gasteiger partial charge in [0.25, 0.3) is 5.91 Å². The van der Waals surface area contributed by atoms with Crippen LogP contribution in [-0.2, 0) is 9.59 Å². The van der Waals surface area contributed by atoms with E-state index < -0.39 is 6.10 Å². The summed E-state index contributed by atoms with van der Waals surface area (Å²) in [5, 5.41) is 4.10. The molecule has 2 amide bonds. The molecule has 35 heavy (non-hydrogen) atoms. The Balaban J connectivity index is 1.18. The molecule has 1 atom stereocenters. The first-order valence-corrected chi connectivity index (χ1v) is 11.7. The van der Waals surface area contributed by atoms with Crippen LogP contribution < -0.4 is 9.47 Å². The smallest absolute Gasteiger partial charge is 0.267 e. The first-order valence-electron chi connectivity index (χ1n) is 11.7. The lowest BCUT2D eigenvalue weighted by Crippen LogP contribution is -2.54. The van der Waals surface area contributed by atoms with Gasteiger partial charge in [-0.2, -0.15) is 0 Å². The van der Waals surface area contributed by atoms with Crippen molar-refractivity contribution in [1.82, 2.24) is 19.5 Å². The number of nitrogens with zero attached hydrogens (tertiary/aromatic N) is 4. The van der Waals surface area contributed by atoms with Gasteiger partial charge in [0.15, 0.2) is 17.3 Å². The summed E-state index contributed by atoms with van der Waals surface area (Å²) in [5.74, 6) is 2.50. The van der Waals surface area contributed by atoms with Crippen LogP contribution in [0.25, 0.3) is 11.9 Å². The van der Waals surface area contributed by atoms with Gasteiger partial charge in [-0.1, -0.05) is 17.3 Å². The Morgan fingerprint density at radius 3 is 2.43 bits per heavy atom. The Labute approximate surface area is 203 Å². The maximum atomic E-state index is 12.9. The summed E-state index contributed by atoms with van der Waals surface area (Å²) in [6.45, 7) is 7.87. The highest BCUT2D eigenvalue weighted by molar-refractivity contribution is 5.92. The van der Waals surface area contributed by atoms with Crippen LogP contribution in [0.1, 0.15) is 22.7 Å². The number of ether oxygens (including phenoxy) is 2. The third-order valence-corrected chi connectivity index (χ3v) is 6.41. The number of aryl methyl sites for hydroxylation is 2. The molecule has 0 N–H and O–H groups in total. The Kier molecular flexibility index (Phi) is 6.07. The van der Waals surface area contributed by atoms with Crippen LogP contribution in [0.3, 0.4) is 0 Å². The van der Waals surface area contributed by atoms with Gasteiger partial charge < -0.3 is 23.8 Å². The van der Waals surface area contributed by atoms with Crippen LogP contribution >= 0.6 is 0 Å². The fraction of sp³-hybridized carbons (Fsp3) is 0.346. The third-order valence-electron chi connectivity index (χ3n) is 6.41. The number of aromatic nitrogens is 2. The second kappa shape index (κ2) is 9.32. The van der Waals surface area contributed by atoms with Gasteiger partial charge in [0.05, 0.1) is 0 Å². The lowest BCUT2D eigenvalue weighted by molar-refractivity contribution is -0.145. The van der Waals surface area contributed by atoms with Crippen molar-refractivity contribution in [3.8, 4) is 17.3 Å². The summed E-state index contributed by atoms with van der Waals surface area (Å²) in [5.41, 5.74) is 2.93. The zero-order chi connectivity index (χ0) is 24.5. The minimum Gasteiger partial charge on any atom is -0.485 e. The lowest BCUT2D eigenvalue weighted by atomic mass is 10.2. The van der Waals surface area contributed by atoms with E-state index in [4.69, 9.17) is 14.0 Å². The summed E-state index contributed by atoms with van der Waals surface area (Å²) in [4.78, 5) is 29.2. The highest BCUT2D eigenvalue weighted by Gasteiger charge is 2.33. The Bertz CT molecular complexity index is 1280. The molecule has 2 aromatic heterocycles. The van der Waals surface area contributed by atoms with Gasteiger partial charge in [0.2, 0.25) is 12.0 Å². The summed E-state index contributed by atoms with van der Waals surface area (Å²) in [6.07, 6.45) is 2.75. The first kappa shape index (κ1) is 22.8. The van der Waals surface area contributed by atoms with Gasteiger partial charge in [0.1, 0.15) is 12.4 Å². The number of hydrogen-bond acceptors (Lipinski definition) is 6. The second-order valence-electron chi connectivity index (χ2n) is 8.81. The monoisotopic (exact) mass is 476 g/mol. The number of para-hydroxylation sites is 2. The molecule has 9 nitrogen and oxygen atoms in total. The summed E-state index contributed by atoms with van der Waals surface area (Å²) >= 11 is 0. The molecule has 0 bridgehead atoms. The van der Waals surface area contributed by atoms with Gasteiger partial charge in [-0.25, -0.2) is 0 Å². The van der Waals surface area contributed by atoms with Crippen molar-refractivity contribution in [2.45, 2.75) is 26.9 Å². The van der Waals surface area contributed by atoms with Crippen LogP contribution in [0.2, 0.25) is 0 Å². The van der Waals surface area contributed by atoms with E-state index in [1.165, 1.54) is 0 Å². The molecule has 1 fully saturated rings. The van der Waals surface area contributed by atoms with Crippen molar-refractivity contribution in [3.05, 3.63) is 65.2 Å².